The summed E-state index contributed by atoms with van der Waals surface area (Å²) in [4.78, 5) is 17.3. The van der Waals surface area contributed by atoms with Crippen LogP contribution in [-0.4, -0.2) is 21.8 Å². The fourth-order valence-electron chi connectivity index (χ4n) is 3.67. The van der Waals surface area contributed by atoms with Gasteiger partial charge in [-0.1, -0.05) is 32.0 Å². The molecule has 28 heavy (non-hydrogen) atoms. The highest BCUT2D eigenvalue weighted by molar-refractivity contribution is 5.99. The zero-order valence-corrected chi connectivity index (χ0v) is 15.6. The van der Waals surface area contributed by atoms with Crippen molar-refractivity contribution in [2.75, 3.05) is 0 Å². The van der Waals surface area contributed by atoms with E-state index in [0.29, 0.717) is 23.2 Å². The van der Waals surface area contributed by atoms with E-state index in [-0.39, 0.29) is 5.78 Å². The minimum absolute atomic E-state index is 0.0189. The molecule has 0 bridgehead atoms. The zero-order valence-electron chi connectivity index (χ0n) is 15.6. The Hall–Kier alpha value is -3.15. The molecule has 1 heterocycles. The number of aliphatic imine (C=N–C) groups is 1. The molecule has 1 aromatic heterocycles. The van der Waals surface area contributed by atoms with Crippen molar-refractivity contribution in [1.82, 2.24) is 9.78 Å². The molecule has 1 atom stereocenters. The largest absolute Gasteiger partial charge is 0.294 e. The first-order chi connectivity index (χ1) is 13.3. The van der Waals surface area contributed by atoms with Crippen molar-refractivity contribution in [2.45, 2.75) is 26.3 Å². The third-order valence-electron chi connectivity index (χ3n) is 4.98. The van der Waals surface area contributed by atoms with E-state index in [1.807, 2.05) is 44.2 Å². The van der Waals surface area contributed by atoms with Crippen LogP contribution in [0.15, 0.2) is 59.7 Å². The number of halogens is 2. The number of carbonyl (C=O) groups excluding carboxylic acids is 1. The molecule has 4 rings (SSSR count). The van der Waals surface area contributed by atoms with Crippen LogP contribution >= 0.6 is 0 Å². The first-order valence-corrected chi connectivity index (χ1v) is 9.01. The van der Waals surface area contributed by atoms with Crippen LogP contribution in [0.2, 0.25) is 0 Å². The number of hydrogen-bond donors (Lipinski definition) is 0. The van der Waals surface area contributed by atoms with Crippen LogP contribution in [-0.2, 0) is 0 Å². The number of benzene rings is 2. The summed E-state index contributed by atoms with van der Waals surface area (Å²) in [6.45, 7) is 3.93. The maximum Gasteiger partial charge on any atom is 0.167 e. The summed E-state index contributed by atoms with van der Waals surface area (Å²) in [5.41, 5.74) is 1.92. The van der Waals surface area contributed by atoms with Gasteiger partial charge in [-0.3, -0.25) is 9.79 Å². The number of carbonyl (C=O) groups is 1. The van der Waals surface area contributed by atoms with Gasteiger partial charge >= 0.3 is 0 Å². The fourth-order valence-corrected chi connectivity index (χ4v) is 3.67. The number of nitrogens with zero attached hydrogens (tertiary/aromatic N) is 3. The van der Waals surface area contributed by atoms with Crippen molar-refractivity contribution in [1.29, 1.82) is 0 Å². The van der Waals surface area contributed by atoms with Crippen molar-refractivity contribution >= 4 is 12.0 Å². The molecule has 6 heteroatoms. The van der Waals surface area contributed by atoms with Gasteiger partial charge in [0, 0.05) is 24.1 Å². The predicted octanol–water partition coefficient (Wildman–Crippen LogP) is 4.92. The third kappa shape index (κ3) is 3.26. The molecule has 4 nitrogen and oxygen atoms in total. The molecule has 0 aliphatic heterocycles. The molecule has 2 aromatic carbocycles. The number of ketones is 1. The fraction of sp³-hybridized carbons (Fsp3) is 0.227. The minimum atomic E-state index is -0.658. The minimum Gasteiger partial charge on any atom is -0.294 e. The average Bonchev–Trinajstić information content (AvgIpc) is 3.06. The van der Waals surface area contributed by atoms with E-state index in [1.165, 1.54) is 18.3 Å². The standard InChI is InChI=1S/C22H19F2N3O/c1-22(2)11-19(28)18-13-26-27(17-6-4-3-5-7-17)20(18)21(22)25-12-14-8-15(23)10-16(24)9-14/h3-10,12-13,21H,11H2,1-2H3. The van der Waals surface area contributed by atoms with Crippen LogP contribution in [0.4, 0.5) is 8.78 Å². The number of para-hydroxylation sites is 1. The maximum atomic E-state index is 13.5. The molecule has 142 valence electrons. The highest BCUT2D eigenvalue weighted by Gasteiger charge is 2.42. The number of hydrogen-bond acceptors (Lipinski definition) is 3. The smallest absolute Gasteiger partial charge is 0.167 e. The molecule has 1 aliphatic carbocycles. The van der Waals surface area contributed by atoms with E-state index in [9.17, 15) is 13.6 Å². The van der Waals surface area contributed by atoms with Gasteiger partial charge in [0.05, 0.1) is 29.2 Å². The van der Waals surface area contributed by atoms with Crippen LogP contribution < -0.4 is 0 Å². The highest BCUT2D eigenvalue weighted by atomic mass is 19.1. The number of fused-ring (bicyclic) bond motifs is 1. The van der Waals surface area contributed by atoms with Gasteiger partial charge in [0.2, 0.25) is 0 Å². The van der Waals surface area contributed by atoms with Gasteiger partial charge < -0.3 is 0 Å². The maximum absolute atomic E-state index is 13.5. The summed E-state index contributed by atoms with van der Waals surface area (Å²) in [5.74, 6) is -1.30. The molecule has 0 spiro atoms. The Morgan fingerprint density at radius 1 is 1.14 bits per heavy atom. The lowest BCUT2D eigenvalue weighted by molar-refractivity contribution is 0.0884. The summed E-state index contributed by atoms with van der Waals surface area (Å²) < 4.78 is 28.7. The molecule has 1 unspecified atom stereocenters. The van der Waals surface area contributed by atoms with E-state index in [1.54, 1.807) is 10.9 Å². The summed E-state index contributed by atoms with van der Waals surface area (Å²) in [5, 5.41) is 4.42. The molecular weight excluding hydrogens is 360 g/mol. The second kappa shape index (κ2) is 6.78. The second-order valence-electron chi connectivity index (χ2n) is 7.66. The van der Waals surface area contributed by atoms with Crippen LogP contribution in [0.3, 0.4) is 0 Å². The molecule has 3 aromatic rings. The third-order valence-corrected chi connectivity index (χ3v) is 4.98. The van der Waals surface area contributed by atoms with E-state index < -0.39 is 23.1 Å². The van der Waals surface area contributed by atoms with Crippen LogP contribution in [0, 0.1) is 17.0 Å². The SMILES string of the molecule is CC1(C)CC(=O)c2cnn(-c3ccccc3)c2C1N=Cc1cc(F)cc(F)c1. The molecule has 0 fully saturated rings. The first kappa shape index (κ1) is 18.2. The zero-order chi connectivity index (χ0) is 19.9. The Balaban J connectivity index is 1.83. The monoisotopic (exact) mass is 379 g/mol. The normalized spacial score (nSPS) is 18.4. The molecule has 0 amide bonds. The van der Waals surface area contributed by atoms with Crippen LogP contribution in [0.25, 0.3) is 5.69 Å². The van der Waals surface area contributed by atoms with Gasteiger partial charge in [0.1, 0.15) is 11.6 Å². The summed E-state index contributed by atoms with van der Waals surface area (Å²) in [6.07, 6.45) is 3.35. The Morgan fingerprint density at radius 2 is 1.82 bits per heavy atom. The van der Waals surface area contributed by atoms with E-state index in [4.69, 9.17) is 0 Å². The summed E-state index contributed by atoms with van der Waals surface area (Å²) in [7, 11) is 0. The number of aromatic nitrogens is 2. The van der Waals surface area contributed by atoms with Crippen LogP contribution in [0.5, 0.6) is 0 Å². The van der Waals surface area contributed by atoms with Gasteiger partial charge in [-0.25, -0.2) is 13.5 Å². The van der Waals surface area contributed by atoms with Gasteiger partial charge in [0.15, 0.2) is 5.78 Å². The Kier molecular flexibility index (Phi) is 4.41. The van der Waals surface area contributed by atoms with Crippen molar-refractivity contribution in [3.05, 3.63) is 83.2 Å². The molecule has 0 radical (unpaired) electrons. The van der Waals surface area contributed by atoms with Gasteiger partial charge in [-0.15, -0.1) is 0 Å². The highest BCUT2D eigenvalue weighted by Crippen LogP contribution is 2.46. The van der Waals surface area contributed by atoms with Gasteiger partial charge in [-0.05, 0) is 29.8 Å². The Labute approximate surface area is 161 Å². The van der Waals surface area contributed by atoms with Crippen molar-refractivity contribution < 1.29 is 13.6 Å². The lowest BCUT2D eigenvalue weighted by atomic mass is 9.72. The first-order valence-electron chi connectivity index (χ1n) is 9.01. The van der Waals surface area contributed by atoms with Crippen molar-refractivity contribution in [3.8, 4) is 5.69 Å². The average molecular weight is 379 g/mol. The second-order valence-corrected chi connectivity index (χ2v) is 7.66. The molecule has 0 N–H and O–H groups in total. The lowest BCUT2D eigenvalue weighted by Crippen LogP contribution is -2.32. The van der Waals surface area contributed by atoms with Gasteiger partial charge in [0.25, 0.3) is 0 Å². The van der Waals surface area contributed by atoms with Crippen molar-refractivity contribution in [3.63, 3.8) is 0 Å². The van der Waals surface area contributed by atoms with E-state index >= 15 is 0 Å². The molecule has 0 saturated heterocycles. The number of Topliss-reactive ketones (excluding diaryl/α,β-unsaturated/α-hetero) is 1. The van der Waals surface area contributed by atoms with Crippen molar-refractivity contribution in [2.24, 2.45) is 10.4 Å². The topological polar surface area (TPSA) is 47.2 Å². The van der Waals surface area contributed by atoms with E-state index in [0.717, 1.165) is 11.8 Å². The molecular formula is C22H19F2N3O. The number of rotatable bonds is 3. The quantitative estimate of drug-likeness (QED) is 0.606. The van der Waals surface area contributed by atoms with E-state index in [2.05, 4.69) is 10.1 Å². The predicted molar refractivity (Wildman–Crippen MR) is 103 cm³/mol. The Morgan fingerprint density at radius 3 is 2.50 bits per heavy atom. The van der Waals surface area contributed by atoms with Gasteiger partial charge in [-0.2, -0.15) is 5.10 Å². The summed E-state index contributed by atoms with van der Waals surface area (Å²) >= 11 is 0. The lowest BCUT2D eigenvalue weighted by Gasteiger charge is -2.35. The molecule has 1 aliphatic rings. The summed E-state index contributed by atoms with van der Waals surface area (Å²) in [6, 6.07) is 12.4. The van der Waals surface area contributed by atoms with Crippen LogP contribution in [0.1, 0.15) is 47.9 Å². The Bertz CT molecular complexity index is 1050. The molecule has 0 saturated carbocycles.